The standard InChI is InChI=1S/C24H22Cl2N2/c1-15-3-5-21(9-23(15)25)27-11-17-7-19-13-28(14-20(19)8-18(17)12-27)22-6-4-16(2)24(26)10-22/h3-10H,11-14H2,1-2H3. The van der Waals surface area contributed by atoms with E-state index in [0.29, 0.717) is 0 Å². The number of fused-ring (bicyclic) bond motifs is 2. The van der Waals surface area contributed by atoms with Crippen LogP contribution in [0.5, 0.6) is 0 Å². The van der Waals surface area contributed by atoms with Crippen LogP contribution in [0.2, 0.25) is 10.0 Å². The van der Waals surface area contributed by atoms with Gasteiger partial charge in [0.15, 0.2) is 0 Å². The van der Waals surface area contributed by atoms with Crippen LogP contribution in [0.15, 0.2) is 48.5 Å². The molecule has 0 spiro atoms. The molecule has 0 N–H and O–H groups in total. The number of nitrogens with zero attached hydrogens (tertiary/aromatic N) is 2. The molecule has 2 heterocycles. The van der Waals surface area contributed by atoms with E-state index in [1.807, 2.05) is 13.8 Å². The van der Waals surface area contributed by atoms with E-state index < -0.39 is 0 Å². The molecule has 3 aromatic carbocycles. The third-order valence-electron chi connectivity index (χ3n) is 6.01. The molecule has 0 fully saturated rings. The number of halogens is 2. The van der Waals surface area contributed by atoms with Crippen LogP contribution in [0.3, 0.4) is 0 Å². The molecule has 0 bridgehead atoms. The van der Waals surface area contributed by atoms with Gasteiger partial charge in [-0.3, -0.25) is 0 Å². The Morgan fingerprint density at radius 1 is 0.571 bits per heavy atom. The lowest BCUT2D eigenvalue weighted by Gasteiger charge is -2.19. The third kappa shape index (κ3) is 3.05. The molecular formula is C24H22Cl2N2. The first-order valence-electron chi connectivity index (χ1n) is 9.64. The number of hydrogen-bond acceptors (Lipinski definition) is 2. The van der Waals surface area contributed by atoms with Crippen molar-refractivity contribution in [3.05, 3.63) is 92.0 Å². The molecule has 2 nitrogen and oxygen atoms in total. The summed E-state index contributed by atoms with van der Waals surface area (Å²) in [5.41, 5.74) is 10.4. The van der Waals surface area contributed by atoms with Gasteiger partial charge in [-0.1, -0.05) is 47.5 Å². The molecule has 28 heavy (non-hydrogen) atoms. The molecule has 0 radical (unpaired) electrons. The number of rotatable bonds is 2. The van der Waals surface area contributed by atoms with Crippen LogP contribution in [0, 0.1) is 13.8 Å². The summed E-state index contributed by atoms with van der Waals surface area (Å²) in [5, 5.41) is 1.67. The van der Waals surface area contributed by atoms with Gasteiger partial charge in [-0.2, -0.15) is 0 Å². The van der Waals surface area contributed by atoms with Gasteiger partial charge in [-0.25, -0.2) is 0 Å². The van der Waals surface area contributed by atoms with E-state index in [1.54, 1.807) is 0 Å². The summed E-state index contributed by atoms with van der Waals surface area (Å²) in [6, 6.07) is 17.5. The average Bonchev–Trinajstić information content (AvgIpc) is 3.27. The fourth-order valence-corrected chi connectivity index (χ4v) is 4.59. The molecule has 0 atom stereocenters. The monoisotopic (exact) mass is 408 g/mol. The van der Waals surface area contributed by atoms with E-state index in [1.165, 1.54) is 33.6 Å². The van der Waals surface area contributed by atoms with Gasteiger partial charge in [-0.05, 0) is 71.5 Å². The van der Waals surface area contributed by atoms with Crippen LogP contribution in [-0.2, 0) is 26.2 Å². The molecule has 5 rings (SSSR count). The second-order valence-electron chi connectivity index (χ2n) is 7.97. The van der Waals surface area contributed by atoms with E-state index in [2.05, 4.69) is 58.3 Å². The summed E-state index contributed by atoms with van der Waals surface area (Å²) >= 11 is 12.7. The van der Waals surface area contributed by atoms with Gasteiger partial charge < -0.3 is 9.80 Å². The molecule has 3 aromatic rings. The van der Waals surface area contributed by atoms with Crippen molar-refractivity contribution in [2.75, 3.05) is 9.80 Å². The Kier molecular flexibility index (Phi) is 4.30. The van der Waals surface area contributed by atoms with E-state index >= 15 is 0 Å². The molecule has 0 aliphatic carbocycles. The highest BCUT2D eigenvalue weighted by molar-refractivity contribution is 6.31. The van der Waals surface area contributed by atoms with Crippen LogP contribution in [-0.4, -0.2) is 0 Å². The fourth-order valence-electron chi connectivity index (χ4n) is 4.24. The molecule has 0 unspecified atom stereocenters. The first kappa shape index (κ1) is 17.9. The predicted octanol–water partition coefficient (Wildman–Crippen LogP) is 6.65. The second kappa shape index (κ2) is 6.72. The number of anilines is 2. The Labute approximate surface area is 176 Å². The van der Waals surface area contributed by atoms with Crippen LogP contribution in [0.25, 0.3) is 0 Å². The minimum atomic E-state index is 0.836. The van der Waals surface area contributed by atoms with Crippen LogP contribution < -0.4 is 9.80 Å². The molecular weight excluding hydrogens is 387 g/mol. The molecule has 2 aliphatic heterocycles. The topological polar surface area (TPSA) is 6.48 Å². The minimum Gasteiger partial charge on any atom is -0.363 e. The van der Waals surface area contributed by atoms with Gasteiger partial charge in [0.2, 0.25) is 0 Å². The summed E-state index contributed by atoms with van der Waals surface area (Å²) in [4.78, 5) is 4.81. The Hall–Kier alpha value is -2.16. The highest BCUT2D eigenvalue weighted by Crippen LogP contribution is 2.36. The molecule has 2 aliphatic rings. The molecule has 0 saturated carbocycles. The number of hydrogen-bond donors (Lipinski definition) is 0. The summed E-state index contributed by atoms with van der Waals surface area (Å²) in [7, 11) is 0. The van der Waals surface area contributed by atoms with Crippen LogP contribution >= 0.6 is 23.2 Å². The largest absolute Gasteiger partial charge is 0.363 e. The van der Waals surface area contributed by atoms with E-state index in [4.69, 9.17) is 23.2 Å². The van der Waals surface area contributed by atoms with Crippen LogP contribution in [0.1, 0.15) is 33.4 Å². The summed E-state index contributed by atoms with van der Waals surface area (Å²) in [6.07, 6.45) is 0. The first-order chi connectivity index (χ1) is 13.5. The zero-order valence-electron chi connectivity index (χ0n) is 16.1. The Bertz CT molecular complexity index is 972. The maximum absolute atomic E-state index is 6.34. The van der Waals surface area contributed by atoms with Gasteiger partial charge >= 0.3 is 0 Å². The zero-order chi connectivity index (χ0) is 19.4. The van der Waals surface area contributed by atoms with Gasteiger partial charge in [-0.15, -0.1) is 0 Å². The van der Waals surface area contributed by atoms with Crippen molar-refractivity contribution in [1.29, 1.82) is 0 Å². The van der Waals surface area contributed by atoms with Crippen molar-refractivity contribution >= 4 is 34.6 Å². The molecule has 0 aromatic heterocycles. The van der Waals surface area contributed by atoms with Crippen molar-refractivity contribution < 1.29 is 0 Å². The first-order valence-corrected chi connectivity index (χ1v) is 10.4. The SMILES string of the molecule is Cc1ccc(N2Cc3cc4c(cc3C2)CN(c2ccc(C)c(Cl)c2)C4)cc1Cl. The molecule has 0 amide bonds. The lowest BCUT2D eigenvalue weighted by atomic mass is 10.0. The van der Waals surface area contributed by atoms with Crippen molar-refractivity contribution in [1.82, 2.24) is 0 Å². The normalized spacial score (nSPS) is 15.1. The third-order valence-corrected chi connectivity index (χ3v) is 6.82. The predicted molar refractivity (Wildman–Crippen MR) is 119 cm³/mol. The highest BCUT2D eigenvalue weighted by atomic mass is 35.5. The molecule has 4 heteroatoms. The van der Waals surface area contributed by atoms with Gasteiger partial charge in [0.05, 0.1) is 0 Å². The quantitative estimate of drug-likeness (QED) is 0.468. The van der Waals surface area contributed by atoms with Crippen molar-refractivity contribution in [3.8, 4) is 0 Å². The maximum Gasteiger partial charge on any atom is 0.0455 e. The van der Waals surface area contributed by atoms with Crippen molar-refractivity contribution in [2.45, 2.75) is 40.0 Å². The van der Waals surface area contributed by atoms with Gasteiger partial charge in [0.25, 0.3) is 0 Å². The molecule has 0 saturated heterocycles. The zero-order valence-corrected chi connectivity index (χ0v) is 17.6. The van der Waals surface area contributed by atoms with Gasteiger partial charge in [0, 0.05) is 47.6 Å². The fraction of sp³-hybridized carbons (Fsp3) is 0.250. The average molecular weight is 409 g/mol. The number of benzene rings is 3. The summed E-state index contributed by atoms with van der Waals surface area (Å²) in [6.45, 7) is 7.86. The number of aryl methyl sites for hydroxylation is 2. The van der Waals surface area contributed by atoms with Crippen molar-refractivity contribution in [3.63, 3.8) is 0 Å². The maximum atomic E-state index is 6.34. The van der Waals surface area contributed by atoms with Crippen LogP contribution in [0.4, 0.5) is 11.4 Å². The second-order valence-corrected chi connectivity index (χ2v) is 8.78. The smallest absolute Gasteiger partial charge is 0.0455 e. The Morgan fingerprint density at radius 3 is 1.25 bits per heavy atom. The minimum absolute atomic E-state index is 0.836. The summed E-state index contributed by atoms with van der Waals surface area (Å²) < 4.78 is 0. The van der Waals surface area contributed by atoms with E-state index in [-0.39, 0.29) is 0 Å². The lowest BCUT2D eigenvalue weighted by Crippen LogP contribution is -2.15. The molecule has 142 valence electrons. The lowest BCUT2D eigenvalue weighted by molar-refractivity contribution is 0.868. The Balaban J connectivity index is 1.38. The van der Waals surface area contributed by atoms with Gasteiger partial charge in [0.1, 0.15) is 0 Å². The van der Waals surface area contributed by atoms with E-state index in [0.717, 1.165) is 47.4 Å². The van der Waals surface area contributed by atoms with E-state index in [9.17, 15) is 0 Å². The summed E-state index contributed by atoms with van der Waals surface area (Å²) in [5.74, 6) is 0. The Morgan fingerprint density at radius 2 is 0.929 bits per heavy atom. The van der Waals surface area contributed by atoms with Crippen molar-refractivity contribution in [2.24, 2.45) is 0 Å². The highest BCUT2D eigenvalue weighted by Gasteiger charge is 2.26.